The molecule has 0 aromatic rings. The van der Waals surface area contributed by atoms with Crippen LogP contribution < -0.4 is 43.4 Å². The van der Waals surface area contributed by atoms with Crippen molar-refractivity contribution in [3.8, 4) is 0 Å². The van der Waals surface area contributed by atoms with Crippen LogP contribution in [-0.4, -0.2) is 119 Å². The summed E-state index contributed by atoms with van der Waals surface area (Å²) < 4.78 is 0. The number of rotatable bonds is 37. The highest BCUT2D eigenvalue weighted by Crippen LogP contribution is 2.13. The zero-order valence-corrected chi connectivity index (χ0v) is 35.4. The SMILES string of the molecule is CCCCCCCCCCCCCCCC(=O)N[C@@H](CO)C(=O)N[C@@H](CO)C(=O)N[C@@H](CCCNC(=N)N)C(=O)N[C@@H](CCC(=O)O)C(=O)N[C@@H](CCCCN)C(C)=O. The van der Waals surface area contributed by atoms with Gasteiger partial charge in [0.2, 0.25) is 29.5 Å². The molecule has 0 aliphatic carbocycles. The molecule has 0 aromatic heterocycles. The number of carboxylic acid groups (broad SMARTS) is 1. The summed E-state index contributed by atoms with van der Waals surface area (Å²) in [6.07, 6.45) is 15.6. The number of guanidine groups is 1. The number of hydrogen-bond donors (Lipinski definition) is 12. The number of aliphatic carboxylic acids is 1. The maximum Gasteiger partial charge on any atom is 0.303 e. The Morgan fingerprint density at radius 3 is 1.42 bits per heavy atom. The average Bonchev–Trinajstić information content (AvgIpc) is 3.19. The first-order chi connectivity index (χ1) is 28.2. The molecular formula is C40H75N9O10. The van der Waals surface area contributed by atoms with E-state index >= 15 is 0 Å². The number of aliphatic hydroxyl groups is 2. The number of Topliss-reactive ketones (excluding diaryl/α,β-unsaturated/α-hetero) is 1. The molecule has 0 saturated carbocycles. The molecule has 0 saturated heterocycles. The van der Waals surface area contributed by atoms with E-state index in [9.17, 15) is 48.9 Å². The van der Waals surface area contributed by atoms with Crippen molar-refractivity contribution in [2.45, 2.75) is 179 Å². The third-order valence-electron chi connectivity index (χ3n) is 9.81. The first kappa shape index (κ1) is 54.6. The molecule has 0 aliphatic rings. The summed E-state index contributed by atoms with van der Waals surface area (Å²) in [6.45, 7) is 2.27. The fraction of sp³-hybridized carbons (Fsp3) is 0.800. The molecule has 0 bridgehead atoms. The summed E-state index contributed by atoms with van der Waals surface area (Å²) in [4.78, 5) is 89.4. The lowest BCUT2D eigenvalue weighted by Gasteiger charge is -2.26. The molecule has 59 heavy (non-hydrogen) atoms. The van der Waals surface area contributed by atoms with E-state index in [0.29, 0.717) is 25.8 Å². The summed E-state index contributed by atoms with van der Waals surface area (Å²) in [6, 6.07) is -6.79. The highest BCUT2D eigenvalue weighted by Gasteiger charge is 2.32. The van der Waals surface area contributed by atoms with E-state index in [-0.39, 0.29) is 50.4 Å². The number of carbonyl (C=O) groups is 7. The van der Waals surface area contributed by atoms with Crippen molar-refractivity contribution in [2.75, 3.05) is 26.3 Å². The molecule has 19 heteroatoms. The number of nitrogens with one attached hydrogen (secondary N) is 7. The Bertz CT molecular complexity index is 1270. The van der Waals surface area contributed by atoms with Crippen LogP contribution in [0.25, 0.3) is 0 Å². The fourth-order valence-electron chi connectivity index (χ4n) is 6.25. The van der Waals surface area contributed by atoms with Gasteiger partial charge in [-0.15, -0.1) is 0 Å². The van der Waals surface area contributed by atoms with E-state index in [1.165, 1.54) is 58.3 Å². The minimum Gasteiger partial charge on any atom is -0.481 e. The van der Waals surface area contributed by atoms with E-state index in [2.05, 4.69) is 38.8 Å². The number of amides is 5. The van der Waals surface area contributed by atoms with Crippen molar-refractivity contribution in [1.29, 1.82) is 5.41 Å². The third kappa shape index (κ3) is 27.9. The molecule has 0 unspecified atom stereocenters. The Hall–Kier alpha value is -4.36. The van der Waals surface area contributed by atoms with Gasteiger partial charge in [-0.25, -0.2) is 0 Å². The minimum atomic E-state index is -1.63. The van der Waals surface area contributed by atoms with Crippen LogP contribution in [0.15, 0.2) is 0 Å². The topological polar surface area (TPSA) is 328 Å². The molecule has 19 nitrogen and oxygen atoms in total. The van der Waals surface area contributed by atoms with Crippen molar-refractivity contribution in [2.24, 2.45) is 11.5 Å². The second-order valence-electron chi connectivity index (χ2n) is 15.0. The van der Waals surface area contributed by atoms with Gasteiger partial charge in [0.1, 0.15) is 24.2 Å². The maximum atomic E-state index is 13.6. The monoisotopic (exact) mass is 842 g/mol. The van der Waals surface area contributed by atoms with Gasteiger partial charge < -0.3 is 58.7 Å². The number of carbonyl (C=O) groups excluding carboxylic acids is 6. The molecule has 340 valence electrons. The van der Waals surface area contributed by atoms with Crippen LogP contribution in [0.3, 0.4) is 0 Å². The molecular weight excluding hydrogens is 766 g/mol. The standard InChI is InChI=1S/C40H75N9O10/c1-3-4-5-6-7-8-9-10-11-12-13-14-15-21-34(53)45-32(26-50)38(58)49-33(27-51)39(59)47-30(20-18-25-44-40(42)43)36(56)48-31(22-23-35(54)55)37(57)46-29(28(2)52)19-16-17-24-41/h29-33,50-51H,3-27,41H2,1-2H3,(H,45,53)(H,46,57)(H,47,59)(H,48,56)(H,49,58)(H,54,55)(H4,42,43,44)/t29-,30-,31-,32-,33-/m0/s1. The number of hydrogen-bond acceptors (Lipinski definition) is 11. The maximum absolute atomic E-state index is 13.6. The summed E-state index contributed by atoms with van der Waals surface area (Å²) in [5.41, 5.74) is 10.9. The molecule has 0 aromatic carbocycles. The predicted molar refractivity (Wildman–Crippen MR) is 224 cm³/mol. The summed E-state index contributed by atoms with van der Waals surface area (Å²) in [7, 11) is 0. The largest absolute Gasteiger partial charge is 0.481 e. The van der Waals surface area contributed by atoms with Gasteiger partial charge in [0, 0.05) is 19.4 Å². The van der Waals surface area contributed by atoms with E-state index in [1.54, 1.807) is 0 Å². The Labute approximate surface area is 349 Å². The number of aliphatic hydroxyl groups excluding tert-OH is 2. The summed E-state index contributed by atoms with van der Waals surface area (Å²) in [5.74, 6) is -6.10. The number of unbranched alkanes of at least 4 members (excludes halogenated alkanes) is 13. The van der Waals surface area contributed by atoms with Crippen LogP contribution in [0.2, 0.25) is 0 Å². The van der Waals surface area contributed by atoms with Crippen LogP contribution in [0.5, 0.6) is 0 Å². The summed E-state index contributed by atoms with van der Waals surface area (Å²) >= 11 is 0. The zero-order chi connectivity index (χ0) is 44.4. The number of ketones is 1. The molecule has 0 radical (unpaired) electrons. The Morgan fingerprint density at radius 2 is 0.966 bits per heavy atom. The number of carboxylic acids is 1. The van der Waals surface area contributed by atoms with E-state index < -0.39 is 85.3 Å². The van der Waals surface area contributed by atoms with Crippen molar-refractivity contribution in [3.05, 3.63) is 0 Å². The molecule has 0 rings (SSSR count). The van der Waals surface area contributed by atoms with Gasteiger partial charge in [-0.1, -0.05) is 84.0 Å². The molecule has 5 amide bonds. The molecule has 5 atom stereocenters. The molecule has 0 spiro atoms. The number of nitrogens with two attached hydrogens (primary N) is 2. The smallest absolute Gasteiger partial charge is 0.303 e. The van der Waals surface area contributed by atoms with E-state index in [1.807, 2.05) is 0 Å². The van der Waals surface area contributed by atoms with E-state index in [0.717, 1.165) is 25.7 Å². The van der Waals surface area contributed by atoms with Crippen molar-refractivity contribution >= 4 is 47.2 Å². The Morgan fingerprint density at radius 1 is 0.542 bits per heavy atom. The lowest BCUT2D eigenvalue weighted by Crippen LogP contribution is -2.60. The second-order valence-corrected chi connectivity index (χ2v) is 15.0. The lowest BCUT2D eigenvalue weighted by molar-refractivity contribution is -0.138. The molecule has 0 heterocycles. The lowest BCUT2D eigenvalue weighted by atomic mass is 10.0. The highest BCUT2D eigenvalue weighted by molar-refractivity contribution is 5.96. The minimum absolute atomic E-state index is 0.0963. The first-order valence-corrected chi connectivity index (χ1v) is 21.4. The molecule has 0 fully saturated rings. The Kier molecular flexibility index (Phi) is 31.9. The van der Waals surface area contributed by atoms with Gasteiger partial charge in [-0.05, 0) is 58.4 Å². The zero-order valence-electron chi connectivity index (χ0n) is 35.4. The third-order valence-corrected chi connectivity index (χ3v) is 9.81. The Balaban J connectivity index is 5.41. The van der Waals surface area contributed by atoms with Crippen molar-refractivity contribution in [1.82, 2.24) is 31.9 Å². The molecule has 0 aliphatic heterocycles. The fourth-order valence-corrected chi connectivity index (χ4v) is 6.25. The van der Waals surface area contributed by atoms with Gasteiger partial charge in [0.15, 0.2) is 11.7 Å². The van der Waals surface area contributed by atoms with Gasteiger partial charge in [-0.2, -0.15) is 0 Å². The van der Waals surface area contributed by atoms with Crippen molar-refractivity contribution < 1.29 is 48.9 Å². The normalized spacial score (nSPS) is 13.5. The van der Waals surface area contributed by atoms with Crippen molar-refractivity contribution in [3.63, 3.8) is 0 Å². The average molecular weight is 842 g/mol. The quantitative estimate of drug-likeness (QED) is 0.0233. The predicted octanol–water partition coefficient (Wildman–Crippen LogP) is 0.722. The van der Waals surface area contributed by atoms with Crippen LogP contribution in [-0.2, 0) is 33.6 Å². The van der Waals surface area contributed by atoms with Gasteiger partial charge in [0.25, 0.3) is 0 Å². The van der Waals surface area contributed by atoms with Gasteiger partial charge >= 0.3 is 5.97 Å². The first-order valence-electron chi connectivity index (χ1n) is 21.4. The van der Waals surface area contributed by atoms with Crippen LogP contribution in [0.1, 0.15) is 149 Å². The van der Waals surface area contributed by atoms with Gasteiger partial charge in [-0.3, -0.25) is 39.0 Å². The van der Waals surface area contributed by atoms with Crippen LogP contribution in [0, 0.1) is 5.41 Å². The van der Waals surface area contributed by atoms with Crippen LogP contribution >= 0.6 is 0 Å². The van der Waals surface area contributed by atoms with Gasteiger partial charge in [0.05, 0.1) is 19.3 Å². The summed E-state index contributed by atoms with van der Waals surface area (Å²) in [5, 5.41) is 51.3. The van der Waals surface area contributed by atoms with E-state index in [4.69, 9.17) is 16.9 Å². The second kappa shape index (κ2) is 34.5. The molecule has 14 N–H and O–H groups in total. The van der Waals surface area contributed by atoms with Crippen LogP contribution in [0.4, 0.5) is 0 Å². The highest BCUT2D eigenvalue weighted by atomic mass is 16.4.